The Labute approximate surface area is 216 Å². The molecule has 1 N–H and O–H groups in total. The monoisotopic (exact) mass is 482 g/mol. The molecule has 36 heavy (non-hydrogen) atoms. The van der Waals surface area contributed by atoms with Gasteiger partial charge in [0.2, 0.25) is 5.95 Å². The number of nitrogens with one attached hydrogen (secondary N) is 1. The first-order chi connectivity index (χ1) is 17.5. The van der Waals surface area contributed by atoms with Crippen molar-refractivity contribution >= 4 is 29.2 Å². The maximum Gasteiger partial charge on any atom is 0.229 e. The van der Waals surface area contributed by atoms with E-state index >= 15 is 0 Å². The molecular formula is C30H38N6. The summed E-state index contributed by atoms with van der Waals surface area (Å²) in [4.78, 5) is 16.4. The van der Waals surface area contributed by atoms with E-state index in [1.165, 1.54) is 22.4 Å². The van der Waals surface area contributed by atoms with Crippen molar-refractivity contribution < 1.29 is 0 Å². The molecule has 1 saturated heterocycles. The van der Waals surface area contributed by atoms with Gasteiger partial charge in [0.15, 0.2) is 0 Å². The van der Waals surface area contributed by atoms with E-state index in [1.54, 1.807) is 0 Å². The summed E-state index contributed by atoms with van der Waals surface area (Å²) in [5.74, 6) is 1.46. The molecule has 0 bridgehead atoms. The molecule has 1 aromatic heterocycles. The van der Waals surface area contributed by atoms with Crippen molar-refractivity contribution in [3.05, 3.63) is 89.3 Å². The lowest BCUT2D eigenvalue weighted by atomic mass is 10.0. The van der Waals surface area contributed by atoms with Crippen molar-refractivity contribution in [3.63, 3.8) is 0 Å². The van der Waals surface area contributed by atoms with Crippen molar-refractivity contribution in [1.29, 1.82) is 0 Å². The molecule has 0 amide bonds. The zero-order chi connectivity index (χ0) is 25.7. The fourth-order valence-corrected chi connectivity index (χ4v) is 4.57. The van der Waals surface area contributed by atoms with Crippen LogP contribution in [-0.4, -0.2) is 48.1 Å². The second-order valence-electron chi connectivity index (χ2n) is 9.22. The van der Waals surface area contributed by atoms with E-state index in [0.717, 1.165) is 55.5 Å². The summed E-state index contributed by atoms with van der Waals surface area (Å²) in [5.41, 5.74) is 8.01. The molecule has 0 atom stereocenters. The summed E-state index contributed by atoms with van der Waals surface area (Å²) >= 11 is 0. The van der Waals surface area contributed by atoms with Crippen LogP contribution in [0, 0.1) is 13.8 Å². The molecule has 5 rings (SSSR count). The molecular weight excluding hydrogens is 444 g/mol. The number of aryl methyl sites for hydroxylation is 2. The van der Waals surface area contributed by atoms with Crippen LogP contribution < -0.4 is 15.1 Å². The number of benzene rings is 2. The molecule has 3 heterocycles. The molecule has 6 heteroatoms. The summed E-state index contributed by atoms with van der Waals surface area (Å²) in [6, 6.07) is 15.0. The molecule has 6 nitrogen and oxygen atoms in total. The Balaban J connectivity index is 0.00000148. The number of fused-ring (bicyclic) bond motifs is 1. The lowest BCUT2D eigenvalue weighted by molar-refractivity contribution is 0.313. The van der Waals surface area contributed by atoms with Crippen LogP contribution in [0.15, 0.2) is 67.0 Å². The van der Waals surface area contributed by atoms with E-state index in [-0.39, 0.29) is 0 Å². The Hall–Kier alpha value is -3.64. The van der Waals surface area contributed by atoms with Crippen LogP contribution in [-0.2, 0) is 6.54 Å². The lowest BCUT2D eigenvalue weighted by Gasteiger charge is -2.34. The SMILES string of the molecule is C=C1C=Cc2cnc(Nc3ccc(N4CCN(C)CC4)cc3)nc2N1Cc1c(C)cccc1C.CC. The van der Waals surface area contributed by atoms with Gasteiger partial charge in [-0.05, 0) is 74.0 Å². The number of rotatable bonds is 5. The number of anilines is 4. The molecule has 0 unspecified atom stereocenters. The van der Waals surface area contributed by atoms with Crippen LogP contribution >= 0.6 is 0 Å². The van der Waals surface area contributed by atoms with Crippen LogP contribution in [0.5, 0.6) is 0 Å². The van der Waals surface area contributed by atoms with Crippen LogP contribution in [0.4, 0.5) is 23.1 Å². The Morgan fingerprint density at radius 1 is 0.917 bits per heavy atom. The Kier molecular flexibility index (Phi) is 8.06. The largest absolute Gasteiger partial charge is 0.369 e. The van der Waals surface area contributed by atoms with E-state index < -0.39 is 0 Å². The molecule has 3 aromatic rings. The Morgan fingerprint density at radius 3 is 2.25 bits per heavy atom. The number of nitrogens with zero attached hydrogens (tertiary/aromatic N) is 5. The first-order valence-corrected chi connectivity index (χ1v) is 12.9. The topological polar surface area (TPSA) is 47.5 Å². The van der Waals surface area contributed by atoms with Gasteiger partial charge in [0.05, 0.1) is 6.54 Å². The van der Waals surface area contributed by atoms with Gasteiger partial charge < -0.3 is 20.0 Å². The minimum absolute atomic E-state index is 0.584. The van der Waals surface area contributed by atoms with Gasteiger partial charge in [-0.2, -0.15) is 4.98 Å². The smallest absolute Gasteiger partial charge is 0.229 e. The Bertz CT molecular complexity index is 1200. The maximum atomic E-state index is 4.89. The molecule has 0 saturated carbocycles. The van der Waals surface area contributed by atoms with Crippen molar-refractivity contribution in [3.8, 4) is 0 Å². The average molecular weight is 483 g/mol. The summed E-state index contributed by atoms with van der Waals surface area (Å²) in [6.45, 7) is 17.6. The third-order valence-electron chi connectivity index (χ3n) is 6.81. The van der Waals surface area contributed by atoms with Crippen molar-refractivity contribution in [2.24, 2.45) is 0 Å². The third-order valence-corrected chi connectivity index (χ3v) is 6.81. The summed E-state index contributed by atoms with van der Waals surface area (Å²) in [6.07, 6.45) is 5.95. The van der Waals surface area contributed by atoms with E-state index in [9.17, 15) is 0 Å². The molecule has 0 radical (unpaired) electrons. The molecule has 2 aromatic carbocycles. The Morgan fingerprint density at radius 2 is 1.58 bits per heavy atom. The number of likely N-dealkylation sites (N-methyl/N-ethyl adjacent to an activating group) is 1. The highest BCUT2D eigenvalue weighted by molar-refractivity contribution is 5.74. The minimum Gasteiger partial charge on any atom is -0.369 e. The molecule has 2 aliphatic rings. The zero-order valence-electron chi connectivity index (χ0n) is 22.3. The number of piperazine rings is 1. The molecule has 2 aliphatic heterocycles. The first-order valence-electron chi connectivity index (χ1n) is 12.9. The predicted octanol–water partition coefficient (Wildman–Crippen LogP) is 6.16. The van der Waals surface area contributed by atoms with Crippen LogP contribution in [0.1, 0.15) is 36.1 Å². The van der Waals surface area contributed by atoms with E-state index in [4.69, 9.17) is 4.98 Å². The van der Waals surface area contributed by atoms with Gasteiger partial charge in [0.25, 0.3) is 0 Å². The lowest BCUT2D eigenvalue weighted by Crippen LogP contribution is -2.44. The maximum absolute atomic E-state index is 4.89. The van der Waals surface area contributed by atoms with E-state index in [1.807, 2.05) is 32.2 Å². The minimum atomic E-state index is 0.584. The van der Waals surface area contributed by atoms with Crippen molar-refractivity contribution in [2.75, 3.05) is 48.3 Å². The second-order valence-corrected chi connectivity index (χ2v) is 9.22. The highest BCUT2D eigenvalue weighted by Crippen LogP contribution is 2.32. The van der Waals surface area contributed by atoms with E-state index in [0.29, 0.717) is 5.95 Å². The summed E-state index contributed by atoms with van der Waals surface area (Å²) in [7, 11) is 2.18. The summed E-state index contributed by atoms with van der Waals surface area (Å²) < 4.78 is 0. The average Bonchev–Trinajstić information content (AvgIpc) is 2.90. The number of hydrogen-bond donors (Lipinski definition) is 1. The van der Waals surface area contributed by atoms with Gasteiger partial charge in [-0.15, -0.1) is 0 Å². The summed E-state index contributed by atoms with van der Waals surface area (Å²) in [5, 5.41) is 3.38. The van der Waals surface area contributed by atoms with Gasteiger partial charge in [-0.1, -0.05) is 38.6 Å². The van der Waals surface area contributed by atoms with Gasteiger partial charge >= 0.3 is 0 Å². The predicted molar refractivity (Wildman–Crippen MR) is 153 cm³/mol. The highest BCUT2D eigenvalue weighted by Gasteiger charge is 2.21. The van der Waals surface area contributed by atoms with Gasteiger partial charge in [0, 0.05) is 55.0 Å². The number of aromatic nitrogens is 2. The molecule has 0 spiro atoms. The van der Waals surface area contributed by atoms with Crippen molar-refractivity contribution in [1.82, 2.24) is 14.9 Å². The normalized spacial score (nSPS) is 15.3. The number of allylic oxidation sites excluding steroid dienone is 1. The van der Waals surface area contributed by atoms with Crippen molar-refractivity contribution in [2.45, 2.75) is 34.2 Å². The van der Waals surface area contributed by atoms with E-state index in [2.05, 4.69) is 94.9 Å². The second kappa shape index (κ2) is 11.4. The fourth-order valence-electron chi connectivity index (χ4n) is 4.57. The fraction of sp³-hybridized carbons (Fsp3) is 0.333. The molecule has 0 aliphatic carbocycles. The highest BCUT2D eigenvalue weighted by atomic mass is 15.3. The quantitative estimate of drug-likeness (QED) is 0.470. The zero-order valence-corrected chi connectivity index (χ0v) is 22.3. The van der Waals surface area contributed by atoms with Crippen LogP contribution in [0.3, 0.4) is 0 Å². The van der Waals surface area contributed by atoms with Crippen LogP contribution in [0.25, 0.3) is 6.08 Å². The van der Waals surface area contributed by atoms with Gasteiger partial charge in [0.1, 0.15) is 5.82 Å². The van der Waals surface area contributed by atoms with Gasteiger partial charge in [-0.25, -0.2) is 4.98 Å². The first kappa shape index (κ1) is 25.5. The van der Waals surface area contributed by atoms with Gasteiger partial charge in [-0.3, -0.25) is 0 Å². The standard InChI is InChI=1S/C28H32N6.C2H6/c1-20-6-5-7-21(2)26(20)19-34-22(3)8-9-23-18-29-28(31-27(23)34)30-24-10-12-25(13-11-24)33-16-14-32(4)15-17-33;1-2/h5-13,18H,3,14-17,19H2,1-2,4H3,(H,29,30,31);1-2H3. The third kappa shape index (κ3) is 5.60. The number of hydrogen-bond acceptors (Lipinski definition) is 6. The molecule has 188 valence electrons. The molecule has 1 fully saturated rings. The van der Waals surface area contributed by atoms with Crippen LogP contribution in [0.2, 0.25) is 0 Å².